The van der Waals surface area contributed by atoms with E-state index in [1.165, 1.54) is 0 Å². The number of aliphatic hydroxyl groups excluding tert-OH is 2. The number of hydrogen-bond donors (Lipinski definition) is 11. The molecule has 0 radical (unpaired) electrons. The van der Waals surface area contributed by atoms with E-state index in [4.69, 9.17) is 18.3 Å². The van der Waals surface area contributed by atoms with Crippen molar-refractivity contribution < 1.29 is 93.7 Å². The van der Waals surface area contributed by atoms with Gasteiger partial charge in [0.15, 0.2) is 76.3 Å². The van der Waals surface area contributed by atoms with Crippen LogP contribution in [0.1, 0.15) is 35.2 Å². The summed E-state index contributed by atoms with van der Waals surface area (Å²) in [6.07, 6.45) is -10.4. The van der Waals surface area contributed by atoms with Crippen LogP contribution >= 0.6 is 0 Å². The summed E-state index contributed by atoms with van der Waals surface area (Å²) in [7, 11) is 0. The number of benzene rings is 3. The van der Waals surface area contributed by atoms with Gasteiger partial charge in [0, 0.05) is 0 Å². The highest BCUT2D eigenvalue weighted by molar-refractivity contribution is 5.94. The number of rotatable bonds is 11. The van der Waals surface area contributed by atoms with E-state index in [1.54, 1.807) is 0 Å². The number of carbonyl (C=O) groups excluding carboxylic acids is 4. The van der Waals surface area contributed by atoms with Crippen LogP contribution in [0.2, 0.25) is 0 Å². The minimum Gasteiger partial charge on any atom is -0.504 e. The lowest BCUT2D eigenvalue weighted by atomic mass is 10.0. The first-order chi connectivity index (χ1) is 22.4. The second kappa shape index (κ2) is 13.4. The summed E-state index contributed by atoms with van der Waals surface area (Å²) in [5.41, 5.74) is -3.11. The second-order valence-corrected chi connectivity index (χ2v) is 8.79. The van der Waals surface area contributed by atoms with Crippen molar-refractivity contribution in [3.05, 3.63) is 53.0 Å². The SMILES string of the molecule is [2H]c1c(C(=O)O[C@@H]([C@H](OC(=O)c2cc(O)c(O)c(O)c2[2H])[C@H](C=O)OC(=O)c2cc(O)c(O)c(O)c2[2H])[C@H](O)CO)cc(O)c(O)c1O. The molecule has 3 aromatic carbocycles. The maximum atomic E-state index is 13.2. The van der Waals surface area contributed by atoms with Gasteiger partial charge in [-0.2, -0.15) is 0 Å². The molecule has 0 fully saturated rings. The highest BCUT2D eigenvalue weighted by Crippen LogP contribution is 2.38. The number of phenols is 9. The lowest BCUT2D eigenvalue weighted by molar-refractivity contribution is -0.141. The van der Waals surface area contributed by atoms with Gasteiger partial charge in [-0.1, -0.05) is 0 Å². The minimum absolute atomic E-state index is 0.313. The van der Waals surface area contributed by atoms with Crippen LogP contribution in [0.25, 0.3) is 0 Å². The quantitative estimate of drug-likeness (QED) is 0.0548. The zero-order valence-corrected chi connectivity index (χ0v) is 22.1. The molecular formula is C27H24O18. The van der Waals surface area contributed by atoms with Gasteiger partial charge in [-0.25, -0.2) is 14.4 Å². The van der Waals surface area contributed by atoms with Crippen LogP contribution in [0.5, 0.6) is 51.7 Å². The minimum atomic E-state index is -2.62. The van der Waals surface area contributed by atoms with E-state index in [2.05, 4.69) is 0 Å². The summed E-state index contributed by atoms with van der Waals surface area (Å²) in [6, 6.07) is -2.29. The van der Waals surface area contributed by atoms with Crippen LogP contribution in [0.3, 0.4) is 0 Å². The van der Waals surface area contributed by atoms with Crippen molar-refractivity contribution in [2.24, 2.45) is 0 Å². The third-order valence-corrected chi connectivity index (χ3v) is 5.74. The Balaban J connectivity index is 2.16. The summed E-state index contributed by atoms with van der Waals surface area (Å²) in [4.78, 5) is 51.4. The first kappa shape index (κ1) is 29.0. The molecule has 3 aromatic rings. The molecule has 0 bridgehead atoms. The van der Waals surface area contributed by atoms with Crippen LogP contribution in [0.4, 0.5) is 0 Å². The zero-order chi connectivity index (χ0) is 36.4. The van der Waals surface area contributed by atoms with Crippen molar-refractivity contribution in [3.63, 3.8) is 0 Å². The van der Waals surface area contributed by atoms with E-state index >= 15 is 0 Å². The molecule has 0 aliphatic rings. The van der Waals surface area contributed by atoms with E-state index in [1.807, 2.05) is 0 Å². The van der Waals surface area contributed by atoms with E-state index in [0.717, 1.165) is 0 Å². The standard InChI is InChI=1S/C27H24O18/c28-7-18(36)23(44-26(41)10-3-14(32)21(38)15(33)4-10)24(45-27(42)11-5-16(34)22(39)17(35)6-11)19(8-29)43-25(40)9-1-12(30)20(37)13(31)2-9/h1-6,8,18-19,23-24,28,30-39H,7H2/t18-,19+,23-,24-/m1/s1/i1D,3D,5D. The van der Waals surface area contributed by atoms with Gasteiger partial charge in [-0.05, 0) is 36.3 Å². The molecule has 3 rings (SSSR count). The van der Waals surface area contributed by atoms with Crippen molar-refractivity contribution in [2.45, 2.75) is 24.4 Å². The van der Waals surface area contributed by atoms with Gasteiger partial charge >= 0.3 is 17.9 Å². The maximum Gasteiger partial charge on any atom is 0.339 e. The van der Waals surface area contributed by atoms with Crippen LogP contribution in [0.15, 0.2) is 36.3 Å². The van der Waals surface area contributed by atoms with E-state index < -0.39 is 135 Å². The predicted molar refractivity (Wildman–Crippen MR) is 141 cm³/mol. The molecule has 240 valence electrons. The fourth-order valence-corrected chi connectivity index (χ4v) is 3.50. The Kier molecular flexibility index (Phi) is 8.65. The molecule has 0 aromatic heterocycles. The number of aliphatic hydroxyl groups is 2. The maximum absolute atomic E-state index is 13.2. The van der Waals surface area contributed by atoms with Gasteiger partial charge in [-0.3, -0.25) is 4.79 Å². The van der Waals surface area contributed by atoms with Crippen LogP contribution in [-0.4, -0.2) is 111 Å². The van der Waals surface area contributed by atoms with Crippen molar-refractivity contribution >= 4 is 24.2 Å². The van der Waals surface area contributed by atoms with Crippen LogP contribution < -0.4 is 0 Å². The van der Waals surface area contributed by atoms with Crippen molar-refractivity contribution in [2.75, 3.05) is 6.61 Å². The fourth-order valence-electron chi connectivity index (χ4n) is 3.50. The molecule has 4 atom stereocenters. The molecular weight excluding hydrogens is 612 g/mol. The molecule has 0 spiro atoms. The fraction of sp³-hybridized carbons (Fsp3) is 0.185. The molecule has 45 heavy (non-hydrogen) atoms. The number of carbonyl (C=O) groups is 4. The Bertz CT molecular complexity index is 1790. The topological polar surface area (TPSA) is 318 Å². The highest BCUT2D eigenvalue weighted by Gasteiger charge is 2.43. The molecule has 18 nitrogen and oxygen atoms in total. The largest absolute Gasteiger partial charge is 0.504 e. The summed E-state index contributed by atoms with van der Waals surface area (Å²) < 4.78 is 38.6. The Labute approximate surface area is 254 Å². The van der Waals surface area contributed by atoms with Gasteiger partial charge in [-0.15, -0.1) is 0 Å². The third-order valence-electron chi connectivity index (χ3n) is 5.74. The number of ether oxygens (including phenoxy) is 3. The Morgan fingerprint density at radius 3 is 1.29 bits per heavy atom. The first-order valence-corrected chi connectivity index (χ1v) is 12.0. The number of esters is 3. The van der Waals surface area contributed by atoms with Crippen molar-refractivity contribution in [1.29, 1.82) is 0 Å². The monoisotopic (exact) mass is 639 g/mol. The number of phenolic OH excluding ortho intramolecular Hbond substituents is 9. The summed E-state index contributed by atoms with van der Waals surface area (Å²) in [5.74, 6) is -16.5. The molecule has 0 saturated carbocycles. The van der Waals surface area contributed by atoms with E-state index in [-0.39, 0.29) is 6.29 Å². The molecule has 18 heteroatoms. The van der Waals surface area contributed by atoms with Crippen LogP contribution in [0, 0.1) is 0 Å². The van der Waals surface area contributed by atoms with Crippen molar-refractivity contribution in [1.82, 2.24) is 0 Å². The van der Waals surface area contributed by atoms with Gasteiger partial charge in [0.2, 0.25) is 0 Å². The average molecular weight is 639 g/mol. The smallest absolute Gasteiger partial charge is 0.339 e. The Morgan fingerprint density at radius 2 is 0.956 bits per heavy atom. The molecule has 0 aliphatic heterocycles. The summed E-state index contributed by atoms with van der Waals surface area (Å²) >= 11 is 0. The van der Waals surface area contributed by atoms with Crippen molar-refractivity contribution in [3.8, 4) is 51.7 Å². The lowest BCUT2D eigenvalue weighted by Gasteiger charge is -2.32. The predicted octanol–water partition coefficient (Wildman–Crippen LogP) is -0.434. The third kappa shape index (κ3) is 7.27. The molecule has 11 N–H and O–H groups in total. The number of aromatic hydroxyl groups is 9. The van der Waals surface area contributed by atoms with E-state index in [0.29, 0.717) is 18.2 Å². The molecule has 0 aliphatic carbocycles. The van der Waals surface area contributed by atoms with Gasteiger partial charge in [0.05, 0.1) is 27.4 Å². The normalized spacial score (nSPS) is 14.5. The van der Waals surface area contributed by atoms with E-state index in [9.17, 15) is 75.3 Å². The summed E-state index contributed by atoms with van der Waals surface area (Å²) in [6.45, 7) is -1.38. The van der Waals surface area contributed by atoms with Gasteiger partial charge < -0.3 is 70.4 Å². The molecule has 0 saturated heterocycles. The highest BCUT2D eigenvalue weighted by atomic mass is 16.6. The second-order valence-electron chi connectivity index (χ2n) is 8.79. The first-order valence-electron chi connectivity index (χ1n) is 13.5. The summed E-state index contributed by atoms with van der Waals surface area (Å²) in [5, 5.41) is 108. The molecule has 0 heterocycles. The molecule has 0 unspecified atom stereocenters. The number of aldehydes is 1. The van der Waals surface area contributed by atoms with Crippen LogP contribution in [-0.2, 0) is 19.0 Å². The van der Waals surface area contributed by atoms with Gasteiger partial charge in [0.25, 0.3) is 0 Å². The average Bonchev–Trinajstić information content (AvgIpc) is 3.06. The number of hydrogen-bond acceptors (Lipinski definition) is 18. The lowest BCUT2D eigenvalue weighted by Crippen LogP contribution is -2.52. The molecule has 0 amide bonds. The Hall–Kier alpha value is -6.14. The van der Waals surface area contributed by atoms with Gasteiger partial charge in [0.1, 0.15) is 6.10 Å². The Morgan fingerprint density at radius 1 is 0.622 bits per heavy atom. The zero-order valence-electron chi connectivity index (χ0n) is 25.1.